The van der Waals surface area contributed by atoms with Crippen molar-refractivity contribution in [3.8, 4) is 0 Å². The average molecular weight is 275 g/mol. The lowest BCUT2D eigenvalue weighted by atomic mass is 10.2. The number of amides is 1. The molecular weight excluding hydrogens is 262 g/mol. The van der Waals surface area contributed by atoms with Crippen molar-refractivity contribution in [2.45, 2.75) is 19.4 Å². The van der Waals surface area contributed by atoms with Crippen LogP contribution in [0.5, 0.6) is 0 Å². The van der Waals surface area contributed by atoms with E-state index >= 15 is 0 Å². The maximum absolute atomic E-state index is 11.9. The number of benzene rings is 1. The Morgan fingerprint density at radius 3 is 2.70 bits per heavy atom. The van der Waals surface area contributed by atoms with Gasteiger partial charge in [0, 0.05) is 6.07 Å². The lowest BCUT2D eigenvalue weighted by Crippen LogP contribution is -2.40. The number of aliphatic carboxylic acids is 1. The van der Waals surface area contributed by atoms with Gasteiger partial charge in [-0.15, -0.1) is 0 Å². The molecule has 1 aromatic heterocycles. The lowest BCUT2D eigenvalue weighted by molar-refractivity contribution is -0.139. The van der Waals surface area contributed by atoms with Crippen LogP contribution in [0.2, 0.25) is 0 Å². The molecule has 2 aromatic rings. The first-order valence-electron chi connectivity index (χ1n) is 6.09. The summed E-state index contributed by atoms with van der Waals surface area (Å²) in [5.41, 5.74) is -0.0612. The third kappa shape index (κ3) is 2.69. The Bertz CT molecular complexity index is 719. The molecule has 0 spiro atoms. The Morgan fingerprint density at radius 1 is 1.35 bits per heavy atom. The van der Waals surface area contributed by atoms with Crippen LogP contribution in [0.3, 0.4) is 0 Å². The highest BCUT2D eigenvalue weighted by Gasteiger charge is 2.20. The number of fused-ring (bicyclic) bond motifs is 1. The van der Waals surface area contributed by atoms with Crippen LogP contribution in [0, 0.1) is 0 Å². The summed E-state index contributed by atoms with van der Waals surface area (Å²) in [6.07, 6.45) is 0.235. The van der Waals surface area contributed by atoms with E-state index in [2.05, 4.69) is 5.32 Å². The molecule has 1 aromatic carbocycles. The van der Waals surface area contributed by atoms with Crippen LogP contribution in [0.15, 0.2) is 39.5 Å². The summed E-state index contributed by atoms with van der Waals surface area (Å²) in [6.45, 7) is 1.63. The smallest absolute Gasteiger partial charge is 0.326 e. The van der Waals surface area contributed by atoms with Crippen molar-refractivity contribution < 1.29 is 19.1 Å². The van der Waals surface area contributed by atoms with E-state index in [0.29, 0.717) is 5.39 Å². The first kappa shape index (κ1) is 13.8. The first-order valence-corrected chi connectivity index (χ1v) is 6.09. The van der Waals surface area contributed by atoms with E-state index in [-0.39, 0.29) is 23.2 Å². The highest BCUT2D eigenvalue weighted by Crippen LogP contribution is 2.11. The molecule has 0 bridgehead atoms. The van der Waals surface area contributed by atoms with Gasteiger partial charge in [-0.2, -0.15) is 0 Å². The minimum Gasteiger partial charge on any atom is -0.480 e. The maximum atomic E-state index is 11.9. The Labute approximate surface area is 114 Å². The van der Waals surface area contributed by atoms with Crippen LogP contribution in [-0.4, -0.2) is 23.0 Å². The zero-order chi connectivity index (χ0) is 14.7. The van der Waals surface area contributed by atoms with Gasteiger partial charge in [0.25, 0.3) is 5.91 Å². The Kier molecular flexibility index (Phi) is 3.84. The fourth-order valence-electron chi connectivity index (χ4n) is 1.78. The first-order chi connectivity index (χ1) is 9.52. The van der Waals surface area contributed by atoms with Gasteiger partial charge in [0.05, 0.1) is 5.39 Å². The summed E-state index contributed by atoms with van der Waals surface area (Å²) < 4.78 is 5.32. The molecule has 0 aliphatic rings. The van der Waals surface area contributed by atoms with E-state index in [9.17, 15) is 14.4 Å². The normalized spacial score (nSPS) is 12.1. The topological polar surface area (TPSA) is 96.6 Å². The number of carbonyl (C=O) groups excluding carboxylic acids is 1. The van der Waals surface area contributed by atoms with E-state index < -0.39 is 17.9 Å². The van der Waals surface area contributed by atoms with Gasteiger partial charge >= 0.3 is 5.97 Å². The SMILES string of the molecule is CC[C@H](NC(=O)c1cc(=O)c2ccccc2o1)C(=O)O. The van der Waals surface area contributed by atoms with Crippen molar-refractivity contribution in [2.75, 3.05) is 0 Å². The molecule has 0 radical (unpaired) electrons. The van der Waals surface area contributed by atoms with Gasteiger partial charge < -0.3 is 14.8 Å². The van der Waals surface area contributed by atoms with Crippen molar-refractivity contribution in [3.05, 3.63) is 46.3 Å². The van der Waals surface area contributed by atoms with Crippen molar-refractivity contribution in [1.29, 1.82) is 0 Å². The summed E-state index contributed by atoms with van der Waals surface area (Å²) in [6, 6.07) is 6.58. The van der Waals surface area contributed by atoms with Crippen LogP contribution in [0.4, 0.5) is 0 Å². The molecule has 0 fully saturated rings. The summed E-state index contributed by atoms with van der Waals surface area (Å²) >= 11 is 0. The van der Waals surface area contributed by atoms with Gasteiger partial charge in [0.1, 0.15) is 11.6 Å². The Balaban J connectivity index is 2.36. The Morgan fingerprint density at radius 2 is 2.05 bits per heavy atom. The van der Waals surface area contributed by atoms with E-state index in [4.69, 9.17) is 9.52 Å². The predicted octanol–water partition coefficient (Wildman–Crippen LogP) is 1.39. The highest BCUT2D eigenvalue weighted by molar-refractivity contribution is 5.95. The average Bonchev–Trinajstić information content (AvgIpc) is 2.44. The zero-order valence-electron chi connectivity index (χ0n) is 10.8. The molecule has 20 heavy (non-hydrogen) atoms. The van der Waals surface area contributed by atoms with Crippen LogP contribution in [0.1, 0.15) is 23.9 Å². The number of carboxylic acids is 1. The summed E-state index contributed by atoms with van der Waals surface area (Å²) in [5.74, 6) is -2.06. The van der Waals surface area contributed by atoms with Crippen LogP contribution >= 0.6 is 0 Å². The minimum atomic E-state index is -1.14. The van der Waals surface area contributed by atoms with E-state index in [1.54, 1.807) is 31.2 Å². The molecule has 0 saturated heterocycles. The summed E-state index contributed by atoms with van der Waals surface area (Å²) in [7, 11) is 0. The summed E-state index contributed by atoms with van der Waals surface area (Å²) in [4.78, 5) is 34.6. The standard InChI is InChI=1S/C14H13NO5/c1-2-9(14(18)19)15-13(17)12-7-10(16)8-5-3-4-6-11(8)20-12/h3-7,9H,2H2,1H3,(H,15,17)(H,18,19)/t9-/m0/s1. The molecule has 0 saturated carbocycles. The van der Waals surface area contributed by atoms with Gasteiger partial charge in [-0.3, -0.25) is 9.59 Å². The fourth-order valence-corrected chi connectivity index (χ4v) is 1.78. The quantitative estimate of drug-likeness (QED) is 0.878. The van der Waals surface area contributed by atoms with E-state index in [1.165, 1.54) is 0 Å². The van der Waals surface area contributed by atoms with Gasteiger partial charge in [-0.1, -0.05) is 19.1 Å². The zero-order valence-corrected chi connectivity index (χ0v) is 10.8. The largest absolute Gasteiger partial charge is 0.480 e. The Hall–Kier alpha value is -2.63. The van der Waals surface area contributed by atoms with Crippen molar-refractivity contribution >= 4 is 22.8 Å². The minimum absolute atomic E-state index is 0.201. The fraction of sp³-hybridized carbons (Fsp3) is 0.214. The number of rotatable bonds is 4. The van der Waals surface area contributed by atoms with Gasteiger partial charge in [-0.25, -0.2) is 4.79 Å². The number of hydrogen-bond acceptors (Lipinski definition) is 4. The van der Waals surface area contributed by atoms with Gasteiger partial charge in [-0.05, 0) is 18.6 Å². The van der Waals surface area contributed by atoms with E-state index in [0.717, 1.165) is 6.07 Å². The van der Waals surface area contributed by atoms with Crippen LogP contribution in [-0.2, 0) is 4.79 Å². The number of nitrogens with one attached hydrogen (secondary N) is 1. The van der Waals surface area contributed by atoms with Crippen LogP contribution in [0.25, 0.3) is 11.0 Å². The second-order valence-electron chi connectivity index (χ2n) is 4.24. The molecule has 1 atom stereocenters. The van der Waals surface area contributed by atoms with Crippen molar-refractivity contribution in [1.82, 2.24) is 5.32 Å². The number of hydrogen-bond donors (Lipinski definition) is 2. The molecule has 6 nitrogen and oxygen atoms in total. The molecule has 2 N–H and O–H groups in total. The number of carbonyl (C=O) groups is 2. The molecule has 1 amide bonds. The third-order valence-corrected chi connectivity index (χ3v) is 2.87. The van der Waals surface area contributed by atoms with Gasteiger partial charge in [0.2, 0.25) is 0 Å². The predicted molar refractivity (Wildman–Crippen MR) is 71.7 cm³/mol. The van der Waals surface area contributed by atoms with Crippen molar-refractivity contribution in [2.24, 2.45) is 0 Å². The maximum Gasteiger partial charge on any atom is 0.326 e. The second kappa shape index (κ2) is 5.56. The number of para-hydroxylation sites is 1. The monoisotopic (exact) mass is 275 g/mol. The molecule has 104 valence electrons. The van der Waals surface area contributed by atoms with Crippen molar-refractivity contribution in [3.63, 3.8) is 0 Å². The molecule has 2 rings (SSSR count). The van der Waals surface area contributed by atoms with Gasteiger partial charge in [0.15, 0.2) is 11.2 Å². The molecule has 1 heterocycles. The molecule has 0 aliphatic carbocycles. The molecule has 0 unspecified atom stereocenters. The highest BCUT2D eigenvalue weighted by atomic mass is 16.4. The lowest BCUT2D eigenvalue weighted by Gasteiger charge is -2.11. The molecular formula is C14H13NO5. The summed E-state index contributed by atoms with van der Waals surface area (Å²) in [5, 5.41) is 11.6. The second-order valence-corrected chi connectivity index (χ2v) is 4.24. The number of carboxylic acid groups (broad SMARTS) is 1. The molecule has 0 aliphatic heterocycles. The third-order valence-electron chi connectivity index (χ3n) is 2.87. The van der Waals surface area contributed by atoms with E-state index in [1.807, 2.05) is 0 Å². The molecule has 6 heteroatoms. The van der Waals surface area contributed by atoms with Crippen LogP contribution < -0.4 is 10.7 Å².